The van der Waals surface area contributed by atoms with Gasteiger partial charge in [-0.1, -0.05) is 152 Å². The van der Waals surface area contributed by atoms with E-state index >= 15 is 0 Å². The fraction of sp³-hybridized carbons (Fsp3) is 0. The summed E-state index contributed by atoms with van der Waals surface area (Å²) in [5.41, 5.74) is 12.3. The molecule has 52 heavy (non-hydrogen) atoms. The molecule has 0 saturated heterocycles. The molecule has 0 bridgehead atoms. The lowest BCUT2D eigenvalue weighted by Gasteiger charge is -2.27. The summed E-state index contributed by atoms with van der Waals surface area (Å²) in [5.74, 6) is 0. The molecule has 9 aromatic carbocycles. The summed E-state index contributed by atoms with van der Waals surface area (Å²) in [4.78, 5) is 2.36. The Morgan fingerprint density at radius 3 is 1.56 bits per heavy atom. The quantitative estimate of drug-likeness (QED) is 0.176. The molecule has 10 aromatic rings. The third-order valence-corrected chi connectivity index (χ3v) is 10.3. The molecule has 0 aliphatic rings. The largest absolute Gasteiger partial charge is 0.455 e. The number of hydrogen-bond donors (Lipinski definition) is 0. The van der Waals surface area contributed by atoms with Gasteiger partial charge < -0.3 is 9.32 Å². The minimum absolute atomic E-state index is 0.889. The van der Waals surface area contributed by atoms with E-state index in [0.717, 1.165) is 50.0 Å². The van der Waals surface area contributed by atoms with Crippen LogP contribution in [0.1, 0.15) is 0 Å². The Morgan fingerprint density at radius 1 is 0.308 bits per heavy atom. The second-order valence-corrected chi connectivity index (χ2v) is 13.3. The van der Waals surface area contributed by atoms with E-state index in [1.165, 1.54) is 44.0 Å². The highest BCUT2D eigenvalue weighted by atomic mass is 16.3. The number of para-hydroxylation sites is 1. The molecule has 2 heteroatoms. The minimum Gasteiger partial charge on any atom is -0.455 e. The number of hydrogen-bond acceptors (Lipinski definition) is 2. The van der Waals surface area contributed by atoms with Gasteiger partial charge in [-0.2, -0.15) is 0 Å². The molecule has 0 spiro atoms. The van der Waals surface area contributed by atoms with E-state index in [-0.39, 0.29) is 0 Å². The lowest BCUT2D eigenvalue weighted by atomic mass is 9.94. The molecule has 0 unspecified atom stereocenters. The minimum atomic E-state index is 0.889. The first kappa shape index (κ1) is 30.0. The number of furan rings is 1. The van der Waals surface area contributed by atoms with Crippen molar-refractivity contribution in [3.8, 4) is 33.4 Å². The zero-order chi connectivity index (χ0) is 34.4. The smallest absolute Gasteiger partial charge is 0.143 e. The van der Waals surface area contributed by atoms with Crippen LogP contribution in [0.5, 0.6) is 0 Å². The van der Waals surface area contributed by atoms with E-state index < -0.39 is 0 Å². The van der Waals surface area contributed by atoms with Crippen molar-refractivity contribution in [2.75, 3.05) is 4.90 Å². The van der Waals surface area contributed by atoms with Gasteiger partial charge in [-0.3, -0.25) is 0 Å². The highest BCUT2D eigenvalue weighted by Gasteiger charge is 2.19. The predicted molar refractivity (Wildman–Crippen MR) is 220 cm³/mol. The molecule has 2 nitrogen and oxygen atoms in total. The summed E-state index contributed by atoms with van der Waals surface area (Å²) < 4.78 is 6.74. The molecule has 1 heterocycles. The van der Waals surface area contributed by atoms with Gasteiger partial charge in [-0.05, 0) is 92.7 Å². The van der Waals surface area contributed by atoms with Crippen molar-refractivity contribution in [1.82, 2.24) is 0 Å². The molecule has 0 N–H and O–H groups in total. The van der Waals surface area contributed by atoms with Gasteiger partial charge in [0.2, 0.25) is 0 Å². The number of benzene rings is 9. The Hall–Kier alpha value is -6.90. The molecule has 1 aromatic heterocycles. The van der Waals surface area contributed by atoms with Gasteiger partial charge in [-0.25, -0.2) is 0 Å². The maximum Gasteiger partial charge on any atom is 0.143 e. The first-order valence-corrected chi connectivity index (χ1v) is 17.8. The number of fused-ring (bicyclic) bond motifs is 6. The fourth-order valence-corrected chi connectivity index (χ4v) is 7.79. The van der Waals surface area contributed by atoms with E-state index in [1.807, 2.05) is 0 Å². The zero-order valence-corrected chi connectivity index (χ0v) is 28.4. The standard InChI is InChI=1S/C50H33NO/c1-4-14-34(15-5-1)35-24-27-39(28-25-35)51(38-18-8-3-9-19-38)48-31-30-40(41-20-10-12-22-43(41)48)37-26-29-44-47-33-46(36-16-6-2-7-17-36)42-21-11-13-23-45(42)50(47)52-49(44)32-37/h1-33H. The van der Waals surface area contributed by atoms with Crippen molar-refractivity contribution in [2.24, 2.45) is 0 Å². The Kier molecular flexibility index (Phi) is 7.18. The van der Waals surface area contributed by atoms with Crippen LogP contribution >= 0.6 is 0 Å². The van der Waals surface area contributed by atoms with Gasteiger partial charge in [0.1, 0.15) is 11.2 Å². The summed E-state index contributed by atoms with van der Waals surface area (Å²) >= 11 is 0. The lowest BCUT2D eigenvalue weighted by Crippen LogP contribution is -2.10. The van der Waals surface area contributed by atoms with Crippen molar-refractivity contribution >= 4 is 60.5 Å². The van der Waals surface area contributed by atoms with Crippen LogP contribution in [0.15, 0.2) is 205 Å². The van der Waals surface area contributed by atoms with E-state index in [2.05, 4.69) is 205 Å². The van der Waals surface area contributed by atoms with Crippen LogP contribution < -0.4 is 4.90 Å². The average Bonchev–Trinajstić information content (AvgIpc) is 3.60. The van der Waals surface area contributed by atoms with Crippen LogP contribution in [0.3, 0.4) is 0 Å². The Morgan fingerprint density at radius 2 is 0.846 bits per heavy atom. The van der Waals surface area contributed by atoms with Crippen LogP contribution in [0.4, 0.5) is 17.1 Å². The lowest BCUT2D eigenvalue weighted by molar-refractivity contribution is 0.673. The van der Waals surface area contributed by atoms with Crippen LogP contribution in [0.2, 0.25) is 0 Å². The second-order valence-electron chi connectivity index (χ2n) is 13.3. The SMILES string of the molecule is c1ccc(-c2ccc(N(c3ccccc3)c3ccc(-c4ccc5c(c4)oc4c6ccccc6c(-c6ccccc6)cc54)c4ccccc34)cc2)cc1. The van der Waals surface area contributed by atoms with Gasteiger partial charge in [0.25, 0.3) is 0 Å². The third-order valence-electron chi connectivity index (χ3n) is 10.3. The maximum absolute atomic E-state index is 6.74. The first-order valence-electron chi connectivity index (χ1n) is 17.8. The van der Waals surface area contributed by atoms with Crippen molar-refractivity contribution in [2.45, 2.75) is 0 Å². The molecule has 10 rings (SSSR count). The van der Waals surface area contributed by atoms with Gasteiger partial charge >= 0.3 is 0 Å². The fourth-order valence-electron chi connectivity index (χ4n) is 7.79. The van der Waals surface area contributed by atoms with Crippen molar-refractivity contribution in [3.05, 3.63) is 200 Å². The zero-order valence-electron chi connectivity index (χ0n) is 28.4. The van der Waals surface area contributed by atoms with E-state index in [1.54, 1.807) is 0 Å². The molecule has 244 valence electrons. The molecule has 0 aliphatic carbocycles. The highest BCUT2D eigenvalue weighted by molar-refractivity contribution is 6.19. The summed E-state index contributed by atoms with van der Waals surface area (Å²) in [7, 11) is 0. The van der Waals surface area contributed by atoms with Crippen LogP contribution in [0, 0.1) is 0 Å². The molecular formula is C50H33NO. The van der Waals surface area contributed by atoms with Gasteiger partial charge in [0, 0.05) is 32.9 Å². The summed E-state index contributed by atoms with van der Waals surface area (Å²) in [5, 5.41) is 6.95. The van der Waals surface area contributed by atoms with Crippen LogP contribution in [-0.2, 0) is 0 Å². The third kappa shape index (κ3) is 5.04. The van der Waals surface area contributed by atoms with E-state index in [4.69, 9.17) is 4.42 Å². The maximum atomic E-state index is 6.74. The number of rotatable bonds is 6. The van der Waals surface area contributed by atoms with Crippen LogP contribution in [-0.4, -0.2) is 0 Å². The van der Waals surface area contributed by atoms with Crippen LogP contribution in [0.25, 0.3) is 76.9 Å². The molecule has 0 radical (unpaired) electrons. The Bertz CT molecular complexity index is 2870. The topological polar surface area (TPSA) is 16.4 Å². The Balaban J connectivity index is 1.12. The molecule has 0 aliphatic heterocycles. The second kappa shape index (κ2) is 12.5. The first-order chi connectivity index (χ1) is 25.8. The van der Waals surface area contributed by atoms with Crippen molar-refractivity contribution < 1.29 is 4.42 Å². The average molecular weight is 664 g/mol. The van der Waals surface area contributed by atoms with Gasteiger partial charge in [0.15, 0.2) is 0 Å². The summed E-state index contributed by atoms with van der Waals surface area (Å²) in [6.45, 7) is 0. The highest BCUT2D eigenvalue weighted by Crippen LogP contribution is 2.44. The van der Waals surface area contributed by atoms with Crippen molar-refractivity contribution in [1.29, 1.82) is 0 Å². The predicted octanol–water partition coefficient (Wildman–Crippen LogP) is 14.4. The molecule has 0 atom stereocenters. The van der Waals surface area contributed by atoms with Gasteiger partial charge in [0.05, 0.1) is 5.69 Å². The van der Waals surface area contributed by atoms with Crippen molar-refractivity contribution in [3.63, 3.8) is 0 Å². The van der Waals surface area contributed by atoms with Gasteiger partial charge in [-0.15, -0.1) is 0 Å². The Labute approximate surface area is 302 Å². The molecule has 0 fully saturated rings. The molecular weight excluding hydrogens is 631 g/mol. The number of nitrogens with zero attached hydrogens (tertiary/aromatic N) is 1. The van der Waals surface area contributed by atoms with E-state index in [9.17, 15) is 0 Å². The number of anilines is 3. The van der Waals surface area contributed by atoms with E-state index in [0.29, 0.717) is 0 Å². The summed E-state index contributed by atoms with van der Waals surface area (Å²) in [6.07, 6.45) is 0. The molecule has 0 saturated carbocycles. The normalized spacial score (nSPS) is 11.5. The monoisotopic (exact) mass is 663 g/mol. The summed E-state index contributed by atoms with van der Waals surface area (Å²) in [6, 6.07) is 71.5. The molecule has 0 amide bonds.